The van der Waals surface area contributed by atoms with Crippen molar-refractivity contribution in [2.24, 2.45) is 11.8 Å². The summed E-state index contributed by atoms with van der Waals surface area (Å²) in [5, 5.41) is 0. The topological polar surface area (TPSA) is 56.3 Å². The second-order valence-corrected chi connectivity index (χ2v) is 7.19. The molecule has 142 valence electrons. The maximum absolute atomic E-state index is 13.1. The van der Waals surface area contributed by atoms with Gasteiger partial charge in [0.2, 0.25) is 0 Å². The highest BCUT2D eigenvalue weighted by Crippen LogP contribution is 2.37. The van der Waals surface area contributed by atoms with E-state index in [0.717, 1.165) is 31.4 Å². The highest BCUT2D eigenvalue weighted by Gasteiger charge is 2.36. The van der Waals surface area contributed by atoms with Gasteiger partial charge in [0.25, 0.3) is 0 Å². The second kappa shape index (κ2) is 9.45. The van der Waals surface area contributed by atoms with E-state index in [1.54, 1.807) is 13.1 Å². The first-order chi connectivity index (χ1) is 13.2. The number of benzene rings is 1. The number of pyridine rings is 1. The molecule has 1 heterocycles. The largest absolute Gasteiger partial charge is 0.465 e. The minimum Gasteiger partial charge on any atom is -0.465 e. The van der Waals surface area contributed by atoms with E-state index in [0.29, 0.717) is 12.3 Å². The van der Waals surface area contributed by atoms with Crippen LogP contribution in [0.1, 0.15) is 49.8 Å². The predicted octanol–water partition coefficient (Wildman–Crippen LogP) is 4.35. The van der Waals surface area contributed by atoms with E-state index >= 15 is 0 Å². The number of aromatic nitrogens is 1. The first-order valence-electron chi connectivity index (χ1n) is 9.84. The molecule has 1 aliphatic carbocycles. The normalized spacial score (nSPS) is 20.6. The van der Waals surface area contributed by atoms with E-state index in [2.05, 4.69) is 29.2 Å². The van der Waals surface area contributed by atoms with Gasteiger partial charge in [-0.25, -0.2) is 0 Å². The molecule has 0 amide bonds. The lowest BCUT2D eigenvalue weighted by Crippen LogP contribution is -2.34. The molecule has 1 aliphatic rings. The minimum absolute atomic E-state index is 0.0191. The molecular weight excluding hydrogens is 338 g/mol. The van der Waals surface area contributed by atoms with Crippen LogP contribution in [0.25, 0.3) is 0 Å². The molecule has 0 radical (unpaired) electrons. The molecule has 4 nitrogen and oxygen atoms in total. The Morgan fingerprint density at radius 3 is 2.37 bits per heavy atom. The third-order valence-corrected chi connectivity index (χ3v) is 5.45. The van der Waals surface area contributed by atoms with Gasteiger partial charge in [-0.2, -0.15) is 0 Å². The number of nitrogens with zero attached hydrogens (tertiary/aromatic N) is 1. The van der Waals surface area contributed by atoms with Crippen molar-refractivity contribution in [2.45, 2.75) is 44.9 Å². The van der Waals surface area contributed by atoms with Gasteiger partial charge in [-0.3, -0.25) is 14.6 Å². The lowest BCUT2D eigenvalue weighted by molar-refractivity contribution is -0.152. The van der Waals surface area contributed by atoms with Crippen LogP contribution in [-0.2, 0) is 20.7 Å². The van der Waals surface area contributed by atoms with Crippen molar-refractivity contribution >= 4 is 11.8 Å². The van der Waals surface area contributed by atoms with E-state index in [-0.39, 0.29) is 18.3 Å². The Bertz CT molecular complexity index is 737. The van der Waals surface area contributed by atoms with Gasteiger partial charge in [-0.1, -0.05) is 36.4 Å². The zero-order valence-corrected chi connectivity index (χ0v) is 15.8. The van der Waals surface area contributed by atoms with Crippen LogP contribution in [0, 0.1) is 11.8 Å². The number of ether oxygens (including phenoxy) is 1. The van der Waals surface area contributed by atoms with Crippen molar-refractivity contribution in [1.29, 1.82) is 0 Å². The first kappa shape index (κ1) is 19.3. The summed E-state index contributed by atoms with van der Waals surface area (Å²) in [4.78, 5) is 29.9. The second-order valence-electron chi connectivity index (χ2n) is 7.19. The molecule has 27 heavy (non-hydrogen) atoms. The summed E-state index contributed by atoms with van der Waals surface area (Å²) in [7, 11) is 0. The average molecular weight is 365 g/mol. The Morgan fingerprint density at radius 1 is 1.04 bits per heavy atom. The van der Waals surface area contributed by atoms with Gasteiger partial charge in [0, 0.05) is 24.2 Å². The molecule has 4 heteroatoms. The molecule has 0 bridgehead atoms. The summed E-state index contributed by atoms with van der Waals surface area (Å²) in [5.41, 5.74) is 2.10. The Morgan fingerprint density at radius 2 is 1.74 bits per heavy atom. The van der Waals surface area contributed by atoms with E-state index < -0.39 is 11.9 Å². The summed E-state index contributed by atoms with van der Waals surface area (Å²) < 4.78 is 5.19. The fourth-order valence-electron chi connectivity index (χ4n) is 3.99. The Labute approximate surface area is 161 Å². The van der Waals surface area contributed by atoms with Crippen molar-refractivity contribution < 1.29 is 14.3 Å². The number of hydrogen-bond donors (Lipinski definition) is 0. The summed E-state index contributed by atoms with van der Waals surface area (Å²) in [6, 6.07) is 16.0. The van der Waals surface area contributed by atoms with Crippen molar-refractivity contribution in [2.75, 3.05) is 6.61 Å². The average Bonchev–Trinajstić information content (AvgIpc) is 2.73. The summed E-state index contributed by atoms with van der Waals surface area (Å²) in [6.07, 6.45) is 5.64. The highest BCUT2D eigenvalue weighted by atomic mass is 16.5. The molecule has 0 N–H and O–H groups in total. The number of Topliss-reactive ketones (excluding diaryl/α,β-unsaturated/α-hetero) is 1. The maximum Gasteiger partial charge on any atom is 0.316 e. The quantitative estimate of drug-likeness (QED) is 0.541. The number of hydrogen-bond acceptors (Lipinski definition) is 4. The predicted molar refractivity (Wildman–Crippen MR) is 104 cm³/mol. The maximum atomic E-state index is 13.1. The van der Waals surface area contributed by atoms with Crippen LogP contribution in [0.5, 0.6) is 0 Å². The fraction of sp³-hybridized carbons (Fsp3) is 0.435. The van der Waals surface area contributed by atoms with Gasteiger partial charge in [0.1, 0.15) is 5.92 Å². The molecule has 0 aliphatic heterocycles. The third kappa shape index (κ3) is 5.03. The number of ketones is 1. The SMILES string of the molecule is CCOC(=O)C(Cc1ccccn1)C(=O)[C@H]1CC[C@H](c2ccccc2)CC1. The van der Waals surface area contributed by atoms with Crippen molar-refractivity contribution in [3.05, 3.63) is 66.0 Å². The van der Waals surface area contributed by atoms with E-state index in [4.69, 9.17) is 4.74 Å². The lowest BCUT2D eigenvalue weighted by Gasteiger charge is -2.29. The van der Waals surface area contributed by atoms with Gasteiger partial charge in [0.15, 0.2) is 5.78 Å². The van der Waals surface area contributed by atoms with Crippen LogP contribution >= 0.6 is 0 Å². The molecule has 3 rings (SSSR count). The molecule has 1 fully saturated rings. The van der Waals surface area contributed by atoms with Crippen LogP contribution in [-0.4, -0.2) is 23.3 Å². The first-order valence-corrected chi connectivity index (χ1v) is 9.84. The zero-order valence-electron chi connectivity index (χ0n) is 15.8. The molecule has 1 aromatic carbocycles. The number of carbonyl (C=O) groups excluding carboxylic acids is 2. The van der Waals surface area contributed by atoms with E-state index in [1.807, 2.05) is 24.3 Å². The van der Waals surface area contributed by atoms with Gasteiger partial charge < -0.3 is 4.74 Å². The van der Waals surface area contributed by atoms with Crippen LogP contribution in [0.4, 0.5) is 0 Å². The van der Waals surface area contributed by atoms with Crippen LogP contribution < -0.4 is 0 Å². The molecule has 0 saturated heterocycles. The number of carbonyl (C=O) groups is 2. The van der Waals surface area contributed by atoms with Crippen LogP contribution in [0.2, 0.25) is 0 Å². The van der Waals surface area contributed by atoms with Crippen molar-refractivity contribution in [1.82, 2.24) is 4.98 Å². The summed E-state index contributed by atoms with van der Waals surface area (Å²) in [5.74, 6) is -0.711. The molecular formula is C23H27NO3. The molecule has 1 saturated carbocycles. The standard InChI is InChI=1S/C23H27NO3/c1-2-27-23(26)21(16-20-10-6-7-15-24-20)22(25)19-13-11-18(12-14-19)17-8-4-3-5-9-17/h3-10,15,18-19,21H,2,11-14,16H2,1H3/t18-,19-,21?. The van der Waals surface area contributed by atoms with Gasteiger partial charge >= 0.3 is 5.97 Å². The Hall–Kier alpha value is -2.49. The smallest absolute Gasteiger partial charge is 0.316 e. The van der Waals surface area contributed by atoms with Gasteiger partial charge in [0.05, 0.1) is 6.61 Å². The van der Waals surface area contributed by atoms with Crippen molar-refractivity contribution in [3.63, 3.8) is 0 Å². The number of esters is 1. The molecule has 1 aromatic heterocycles. The van der Waals surface area contributed by atoms with Crippen molar-refractivity contribution in [3.8, 4) is 0 Å². The van der Waals surface area contributed by atoms with Gasteiger partial charge in [-0.15, -0.1) is 0 Å². The summed E-state index contributed by atoms with van der Waals surface area (Å²) in [6.45, 7) is 2.05. The van der Waals surface area contributed by atoms with E-state index in [1.165, 1.54) is 5.56 Å². The lowest BCUT2D eigenvalue weighted by atomic mass is 9.74. The Balaban J connectivity index is 1.66. The number of rotatable bonds is 7. The molecule has 1 unspecified atom stereocenters. The summed E-state index contributed by atoms with van der Waals surface area (Å²) >= 11 is 0. The van der Waals surface area contributed by atoms with Crippen LogP contribution in [0.15, 0.2) is 54.7 Å². The molecule has 1 atom stereocenters. The Kier molecular flexibility index (Phi) is 6.74. The monoisotopic (exact) mass is 365 g/mol. The van der Waals surface area contributed by atoms with Gasteiger partial charge in [-0.05, 0) is 56.2 Å². The highest BCUT2D eigenvalue weighted by molar-refractivity contribution is 6.00. The third-order valence-electron chi connectivity index (χ3n) is 5.45. The fourth-order valence-corrected chi connectivity index (χ4v) is 3.99. The minimum atomic E-state index is -0.752. The van der Waals surface area contributed by atoms with E-state index in [9.17, 15) is 9.59 Å². The molecule has 0 spiro atoms. The zero-order chi connectivity index (χ0) is 19.1. The van der Waals surface area contributed by atoms with Crippen LogP contribution in [0.3, 0.4) is 0 Å². The molecule has 2 aromatic rings.